The van der Waals surface area contributed by atoms with E-state index in [9.17, 15) is 4.79 Å². The maximum absolute atomic E-state index is 10.3. The van der Waals surface area contributed by atoms with Gasteiger partial charge in [-0.3, -0.25) is 0 Å². The molecule has 0 saturated heterocycles. The minimum atomic E-state index is -0.996. The van der Waals surface area contributed by atoms with E-state index in [1.165, 1.54) is 0 Å². The summed E-state index contributed by atoms with van der Waals surface area (Å²) in [6.45, 7) is 1.85. The van der Waals surface area contributed by atoms with E-state index in [0.29, 0.717) is 44.5 Å². The van der Waals surface area contributed by atoms with Crippen LogP contribution in [0.15, 0.2) is 71.2 Å². The fourth-order valence-corrected chi connectivity index (χ4v) is 5.04. The van der Waals surface area contributed by atoms with Gasteiger partial charge in [-0.15, -0.1) is 11.3 Å². The maximum Gasteiger partial charge on any atom is 0.329 e. The summed E-state index contributed by atoms with van der Waals surface area (Å²) in [7, 11) is 1.66. The predicted octanol–water partition coefficient (Wildman–Crippen LogP) is 6.64. The van der Waals surface area contributed by atoms with Crippen LogP contribution in [0, 0.1) is 0 Å². The van der Waals surface area contributed by atoms with Crippen molar-refractivity contribution in [2.24, 2.45) is 0 Å². The molecule has 0 aliphatic rings. The van der Waals surface area contributed by atoms with Crippen molar-refractivity contribution in [2.75, 3.05) is 53.4 Å². The van der Waals surface area contributed by atoms with E-state index in [2.05, 4.69) is 28.1 Å². The first-order chi connectivity index (χ1) is 19.0. The Hall–Kier alpha value is -3.15. The molecule has 10 heteroatoms. The molecule has 3 aromatic carbocycles. The average molecular weight is 618 g/mol. The molecule has 0 aliphatic carbocycles. The number of carbonyl (C=O) groups is 1. The van der Waals surface area contributed by atoms with E-state index in [1.54, 1.807) is 18.4 Å². The van der Waals surface area contributed by atoms with Crippen molar-refractivity contribution in [1.29, 1.82) is 0 Å². The third-order valence-electron chi connectivity index (χ3n) is 5.47. The van der Waals surface area contributed by atoms with Gasteiger partial charge in [-0.25, -0.2) is 4.79 Å². The molecule has 1 heterocycles. The second-order valence-electron chi connectivity index (χ2n) is 8.22. The Morgan fingerprint density at radius 3 is 2.08 bits per heavy atom. The molecule has 0 aliphatic heterocycles. The number of hydrogen-bond donors (Lipinski definition) is 1. The molecule has 0 atom stereocenters. The number of fused-ring (bicyclic) bond motifs is 1. The molecule has 4 rings (SSSR count). The Morgan fingerprint density at radius 2 is 1.41 bits per heavy atom. The molecule has 0 amide bonds. The van der Waals surface area contributed by atoms with E-state index >= 15 is 0 Å². The summed E-state index contributed by atoms with van der Waals surface area (Å²) in [5.41, 5.74) is 1.07. The van der Waals surface area contributed by atoms with Crippen molar-refractivity contribution < 1.29 is 38.3 Å². The van der Waals surface area contributed by atoms with Gasteiger partial charge in [0.2, 0.25) is 0 Å². The Kier molecular flexibility index (Phi) is 11.0. The molecule has 0 unspecified atom stereocenters. The van der Waals surface area contributed by atoms with Gasteiger partial charge in [0.25, 0.3) is 0 Å². The largest absolute Gasteiger partial charge is 0.497 e. The van der Waals surface area contributed by atoms with E-state index in [1.807, 2.05) is 54.6 Å². The monoisotopic (exact) mass is 616 g/mol. The van der Waals surface area contributed by atoms with Gasteiger partial charge in [-0.2, -0.15) is 0 Å². The highest BCUT2D eigenvalue weighted by atomic mass is 79.9. The minimum absolute atomic E-state index is 0.234. The lowest BCUT2D eigenvalue weighted by atomic mass is 10.1. The molecule has 8 nitrogen and oxygen atoms in total. The number of carboxylic acid groups (broad SMARTS) is 1. The second kappa shape index (κ2) is 14.9. The summed E-state index contributed by atoms with van der Waals surface area (Å²) in [5, 5.41) is 9.50. The zero-order valence-corrected chi connectivity index (χ0v) is 23.8. The SMILES string of the molecule is COc1ccc2c(Oc3ccc(OCCOCCOCCOCC(=O)O)cc3)c(-c3ccc(Br)cc3)sc2c1. The summed E-state index contributed by atoms with van der Waals surface area (Å²) < 4.78 is 35.4. The lowest BCUT2D eigenvalue weighted by molar-refractivity contribution is -0.142. The fraction of sp³-hybridized carbons (Fsp3) is 0.276. The smallest absolute Gasteiger partial charge is 0.329 e. The van der Waals surface area contributed by atoms with Gasteiger partial charge in [-0.1, -0.05) is 28.1 Å². The van der Waals surface area contributed by atoms with Crippen LogP contribution >= 0.6 is 27.3 Å². The highest BCUT2D eigenvalue weighted by molar-refractivity contribution is 9.10. The highest BCUT2D eigenvalue weighted by Gasteiger charge is 2.17. The van der Waals surface area contributed by atoms with Crippen molar-refractivity contribution in [3.05, 3.63) is 71.2 Å². The summed E-state index contributed by atoms with van der Waals surface area (Å²) in [5.74, 6) is 2.03. The van der Waals surface area contributed by atoms with Crippen molar-refractivity contribution in [3.63, 3.8) is 0 Å². The molecule has 4 aromatic rings. The van der Waals surface area contributed by atoms with Crippen molar-refractivity contribution in [1.82, 2.24) is 0 Å². The normalized spacial score (nSPS) is 11.0. The number of halogens is 1. The number of benzene rings is 3. The van der Waals surface area contributed by atoms with Gasteiger partial charge in [0.1, 0.15) is 30.5 Å². The molecule has 0 fully saturated rings. The molecule has 0 bridgehead atoms. The molecule has 0 saturated carbocycles. The van der Waals surface area contributed by atoms with Crippen LogP contribution in [0.4, 0.5) is 0 Å². The Labute approximate surface area is 239 Å². The quantitative estimate of drug-likeness (QED) is 0.140. The van der Waals surface area contributed by atoms with Crippen LogP contribution in [-0.2, 0) is 19.0 Å². The van der Waals surface area contributed by atoms with E-state index < -0.39 is 5.97 Å². The Morgan fingerprint density at radius 1 is 0.795 bits per heavy atom. The number of ether oxygens (including phenoxy) is 6. The summed E-state index contributed by atoms with van der Waals surface area (Å²) in [6.07, 6.45) is 0. The summed E-state index contributed by atoms with van der Waals surface area (Å²) >= 11 is 5.17. The summed E-state index contributed by atoms with van der Waals surface area (Å²) in [4.78, 5) is 11.4. The van der Waals surface area contributed by atoms with Crippen LogP contribution < -0.4 is 14.2 Å². The van der Waals surface area contributed by atoms with Gasteiger partial charge < -0.3 is 33.5 Å². The van der Waals surface area contributed by atoms with Gasteiger partial charge >= 0.3 is 5.97 Å². The summed E-state index contributed by atoms with van der Waals surface area (Å²) in [6, 6.07) is 21.7. The molecule has 0 spiro atoms. The van der Waals surface area contributed by atoms with Crippen molar-refractivity contribution >= 4 is 43.3 Å². The average Bonchev–Trinajstić information content (AvgIpc) is 3.30. The number of thiophene rings is 1. The predicted molar refractivity (Wildman–Crippen MR) is 154 cm³/mol. The Bertz CT molecular complexity index is 1340. The molecule has 1 N–H and O–H groups in total. The van der Waals surface area contributed by atoms with E-state index in [4.69, 9.17) is 33.5 Å². The molecule has 39 heavy (non-hydrogen) atoms. The zero-order chi connectivity index (χ0) is 27.5. The van der Waals surface area contributed by atoms with Gasteiger partial charge in [-0.05, 0) is 60.2 Å². The van der Waals surface area contributed by atoms with Crippen LogP contribution in [0.5, 0.6) is 23.0 Å². The first kappa shape index (κ1) is 28.8. The Balaban J connectivity index is 1.29. The van der Waals surface area contributed by atoms with Crippen molar-refractivity contribution in [2.45, 2.75) is 0 Å². The number of rotatable bonds is 16. The van der Waals surface area contributed by atoms with Crippen molar-refractivity contribution in [3.8, 4) is 33.4 Å². The van der Waals surface area contributed by atoms with E-state index in [0.717, 1.165) is 36.5 Å². The number of methoxy groups -OCH3 is 1. The lowest BCUT2D eigenvalue weighted by Crippen LogP contribution is -2.14. The van der Waals surface area contributed by atoms with Crippen LogP contribution in [0.25, 0.3) is 20.5 Å². The van der Waals surface area contributed by atoms with Crippen LogP contribution in [0.3, 0.4) is 0 Å². The third-order valence-corrected chi connectivity index (χ3v) is 7.18. The zero-order valence-electron chi connectivity index (χ0n) is 21.4. The first-order valence-corrected chi connectivity index (χ1v) is 13.9. The topological polar surface area (TPSA) is 92.7 Å². The highest BCUT2D eigenvalue weighted by Crippen LogP contribution is 2.47. The number of hydrogen-bond acceptors (Lipinski definition) is 8. The number of carboxylic acids is 1. The van der Waals surface area contributed by atoms with Gasteiger partial charge in [0, 0.05) is 14.6 Å². The van der Waals surface area contributed by atoms with Gasteiger partial charge in [0.05, 0.1) is 45.0 Å². The molecule has 206 valence electrons. The second-order valence-corrected chi connectivity index (χ2v) is 10.2. The maximum atomic E-state index is 10.3. The lowest BCUT2D eigenvalue weighted by Gasteiger charge is -2.11. The van der Waals surface area contributed by atoms with E-state index in [-0.39, 0.29) is 13.2 Å². The van der Waals surface area contributed by atoms with Crippen LogP contribution in [0.2, 0.25) is 0 Å². The molecular weight excluding hydrogens is 588 g/mol. The minimum Gasteiger partial charge on any atom is -0.497 e. The molecule has 0 radical (unpaired) electrons. The molecular formula is C29H29BrO8S. The number of aliphatic carboxylic acids is 1. The third kappa shape index (κ3) is 8.67. The van der Waals surface area contributed by atoms with Crippen LogP contribution in [-0.4, -0.2) is 64.4 Å². The molecule has 1 aromatic heterocycles. The first-order valence-electron chi connectivity index (χ1n) is 12.3. The standard InChI is InChI=1S/C29H29BrO8S/c1-33-24-10-11-25-26(18-24)39-29(20-2-4-21(30)5-3-20)28(25)38-23-8-6-22(7-9-23)37-17-16-35-13-12-34-14-15-36-19-27(31)32/h2-11,18H,12-17,19H2,1H3,(H,31,32). The van der Waals surface area contributed by atoms with Gasteiger partial charge in [0.15, 0.2) is 5.75 Å². The fourth-order valence-electron chi connectivity index (χ4n) is 3.61. The van der Waals surface area contributed by atoms with Crippen LogP contribution in [0.1, 0.15) is 0 Å².